The summed E-state index contributed by atoms with van der Waals surface area (Å²) in [6, 6.07) is 0. The van der Waals surface area contributed by atoms with Gasteiger partial charge in [-0.25, -0.2) is 0 Å². The van der Waals surface area contributed by atoms with Gasteiger partial charge >= 0.3 is 0 Å². The van der Waals surface area contributed by atoms with Gasteiger partial charge in [-0.2, -0.15) is 0 Å². The van der Waals surface area contributed by atoms with Gasteiger partial charge in [-0.3, -0.25) is 0 Å². The van der Waals surface area contributed by atoms with Crippen molar-refractivity contribution < 1.29 is 0 Å². The van der Waals surface area contributed by atoms with Gasteiger partial charge in [-0.05, 0) is 39.2 Å². The summed E-state index contributed by atoms with van der Waals surface area (Å²) in [7, 11) is 1.93. The zero-order valence-corrected chi connectivity index (χ0v) is 9.95. The van der Waals surface area contributed by atoms with E-state index in [0.29, 0.717) is 0 Å². The molecule has 4 heteroatoms. The molecule has 16 heavy (non-hydrogen) atoms. The number of aromatic nitrogens is 3. The lowest BCUT2D eigenvalue weighted by atomic mass is 9.97. The molecule has 0 amide bonds. The van der Waals surface area contributed by atoms with Crippen LogP contribution in [-0.2, 0) is 13.1 Å². The summed E-state index contributed by atoms with van der Waals surface area (Å²) in [5.41, 5.74) is 1.61. The second-order valence-electron chi connectivity index (χ2n) is 4.33. The van der Waals surface area contributed by atoms with Crippen LogP contribution in [0.5, 0.6) is 0 Å². The topological polar surface area (TPSA) is 42.7 Å². The minimum Gasteiger partial charge on any atom is -0.316 e. The van der Waals surface area contributed by atoms with Crippen molar-refractivity contribution in [3.8, 4) is 0 Å². The van der Waals surface area contributed by atoms with Crippen molar-refractivity contribution in [2.24, 2.45) is 0 Å². The molecular weight excluding hydrogens is 200 g/mol. The molecule has 1 heterocycles. The Hall–Kier alpha value is -1.16. The molecule has 0 fully saturated rings. The second-order valence-corrected chi connectivity index (χ2v) is 4.33. The Balaban J connectivity index is 1.88. The Kier molecular flexibility index (Phi) is 4.10. The number of hydrogen-bond donors (Lipinski definition) is 1. The molecule has 4 nitrogen and oxygen atoms in total. The number of rotatable bonds is 5. The van der Waals surface area contributed by atoms with Gasteiger partial charge in [0, 0.05) is 6.54 Å². The maximum Gasteiger partial charge on any atom is 0.146 e. The Labute approximate surface area is 96.8 Å². The van der Waals surface area contributed by atoms with Gasteiger partial charge < -0.3 is 9.88 Å². The zero-order valence-electron chi connectivity index (χ0n) is 9.95. The van der Waals surface area contributed by atoms with Gasteiger partial charge in [0.25, 0.3) is 0 Å². The Morgan fingerprint density at radius 2 is 2.38 bits per heavy atom. The molecule has 0 aromatic carbocycles. The SMILES string of the molecule is CNCc1nncn1CCC1=CCCCC1. The number of allylic oxidation sites excluding steroid dienone is 2. The van der Waals surface area contributed by atoms with Crippen LogP contribution in [0.25, 0.3) is 0 Å². The molecule has 0 saturated heterocycles. The first-order valence-corrected chi connectivity index (χ1v) is 6.09. The van der Waals surface area contributed by atoms with Crippen LogP contribution in [0.3, 0.4) is 0 Å². The van der Waals surface area contributed by atoms with E-state index in [1.807, 2.05) is 13.4 Å². The summed E-state index contributed by atoms with van der Waals surface area (Å²) in [6.07, 6.45) is 10.7. The standard InChI is InChI=1S/C12H20N4/c1-13-9-12-15-14-10-16(12)8-7-11-5-3-2-4-6-11/h5,10,13H,2-4,6-9H2,1H3. The molecule has 0 aliphatic heterocycles. The first kappa shape index (κ1) is 11.3. The van der Waals surface area contributed by atoms with Gasteiger partial charge in [0.05, 0.1) is 6.54 Å². The van der Waals surface area contributed by atoms with Gasteiger partial charge in [0.2, 0.25) is 0 Å². The van der Waals surface area contributed by atoms with E-state index in [2.05, 4.69) is 26.2 Å². The van der Waals surface area contributed by atoms with Crippen molar-refractivity contribution >= 4 is 0 Å². The molecule has 1 aromatic heterocycles. The van der Waals surface area contributed by atoms with E-state index in [1.165, 1.54) is 25.7 Å². The molecule has 0 radical (unpaired) electrons. The first-order valence-electron chi connectivity index (χ1n) is 6.09. The molecule has 0 unspecified atom stereocenters. The largest absolute Gasteiger partial charge is 0.316 e. The van der Waals surface area contributed by atoms with Crippen molar-refractivity contribution in [3.63, 3.8) is 0 Å². The molecule has 1 aliphatic rings. The maximum absolute atomic E-state index is 4.10. The predicted octanol–water partition coefficient (Wildman–Crippen LogP) is 1.89. The fraction of sp³-hybridized carbons (Fsp3) is 0.667. The van der Waals surface area contributed by atoms with Crippen molar-refractivity contribution in [2.45, 2.75) is 45.2 Å². The van der Waals surface area contributed by atoms with E-state index in [0.717, 1.165) is 25.3 Å². The van der Waals surface area contributed by atoms with E-state index < -0.39 is 0 Å². The second kappa shape index (κ2) is 5.80. The highest BCUT2D eigenvalue weighted by molar-refractivity contribution is 5.05. The molecule has 0 atom stereocenters. The Morgan fingerprint density at radius 3 is 3.12 bits per heavy atom. The third kappa shape index (κ3) is 2.92. The molecule has 0 bridgehead atoms. The summed E-state index contributed by atoms with van der Waals surface area (Å²) in [4.78, 5) is 0. The van der Waals surface area contributed by atoms with Gasteiger partial charge in [-0.15, -0.1) is 10.2 Å². The third-order valence-electron chi connectivity index (χ3n) is 3.09. The molecule has 1 N–H and O–H groups in total. The van der Waals surface area contributed by atoms with Gasteiger partial charge in [0.1, 0.15) is 12.2 Å². The van der Waals surface area contributed by atoms with E-state index in [-0.39, 0.29) is 0 Å². The van der Waals surface area contributed by atoms with Crippen LogP contribution in [0.4, 0.5) is 0 Å². The van der Waals surface area contributed by atoms with Crippen LogP contribution in [0.2, 0.25) is 0 Å². The zero-order chi connectivity index (χ0) is 11.2. The third-order valence-corrected chi connectivity index (χ3v) is 3.09. The molecule has 1 aliphatic carbocycles. The van der Waals surface area contributed by atoms with Crippen molar-refractivity contribution in [2.75, 3.05) is 7.05 Å². The summed E-state index contributed by atoms with van der Waals surface area (Å²) >= 11 is 0. The minimum atomic E-state index is 0.791. The maximum atomic E-state index is 4.10. The first-order chi connectivity index (χ1) is 7.90. The lowest BCUT2D eigenvalue weighted by molar-refractivity contribution is 0.594. The Bertz CT molecular complexity index is 354. The highest BCUT2D eigenvalue weighted by Crippen LogP contribution is 2.20. The molecular formula is C12H20N4. The van der Waals surface area contributed by atoms with Crippen molar-refractivity contribution in [1.29, 1.82) is 0 Å². The Morgan fingerprint density at radius 1 is 1.44 bits per heavy atom. The van der Waals surface area contributed by atoms with Crippen LogP contribution in [0, 0.1) is 0 Å². The number of aryl methyl sites for hydroxylation is 1. The molecule has 2 rings (SSSR count). The summed E-state index contributed by atoms with van der Waals surface area (Å²) in [5.74, 6) is 1.03. The van der Waals surface area contributed by atoms with E-state index in [1.54, 1.807) is 5.57 Å². The summed E-state index contributed by atoms with van der Waals surface area (Å²) in [5, 5.41) is 11.2. The average Bonchev–Trinajstić information content (AvgIpc) is 2.76. The average molecular weight is 220 g/mol. The normalized spacial score (nSPS) is 16.2. The van der Waals surface area contributed by atoms with E-state index >= 15 is 0 Å². The van der Waals surface area contributed by atoms with Gasteiger partial charge in [0.15, 0.2) is 0 Å². The molecule has 1 aromatic rings. The smallest absolute Gasteiger partial charge is 0.146 e. The van der Waals surface area contributed by atoms with E-state index in [9.17, 15) is 0 Å². The molecule has 88 valence electrons. The van der Waals surface area contributed by atoms with E-state index in [4.69, 9.17) is 0 Å². The fourth-order valence-electron chi connectivity index (χ4n) is 2.16. The van der Waals surface area contributed by atoms with Gasteiger partial charge in [-0.1, -0.05) is 11.6 Å². The highest BCUT2D eigenvalue weighted by atomic mass is 15.3. The number of hydrogen-bond acceptors (Lipinski definition) is 3. The predicted molar refractivity (Wildman–Crippen MR) is 64.0 cm³/mol. The molecule has 0 spiro atoms. The van der Waals surface area contributed by atoms with Crippen molar-refractivity contribution in [1.82, 2.24) is 20.1 Å². The minimum absolute atomic E-state index is 0.791. The van der Waals surface area contributed by atoms with Crippen LogP contribution >= 0.6 is 0 Å². The monoisotopic (exact) mass is 220 g/mol. The number of nitrogens with one attached hydrogen (secondary N) is 1. The lowest BCUT2D eigenvalue weighted by Gasteiger charge is -2.13. The lowest BCUT2D eigenvalue weighted by Crippen LogP contribution is -2.12. The number of nitrogens with zero attached hydrogens (tertiary/aromatic N) is 3. The quantitative estimate of drug-likeness (QED) is 0.771. The van der Waals surface area contributed by atoms with Crippen LogP contribution in [-0.4, -0.2) is 21.8 Å². The fourth-order valence-corrected chi connectivity index (χ4v) is 2.16. The van der Waals surface area contributed by atoms with Crippen LogP contribution < -0.4 is 5.32 Å². The summed E-state index contributed by atoms with van der Waals surface area (Å²) < 4.78 is 2.14. The van der Waals surface area contributed by atoms with Crippen molar-refractivity contribution in [3.05, 3.63) is 23.8 Å². The summed E-state index contributed by atoms with van der Waals surface area (Å²) in [6.45, 7) is 1.80. The molecule has 0 saturated carbocycles. The van der Waals surface area contributed by atoms with Crippen LogP contribution in [0.15, 0.2) is 18.0 Å². The highest BCUT2D eigenvalue weighted by Gasteiger charge is 2.06. The van der Waals surface area contributed by atoms with Crippen LogP contribution in [0.1, 0.15) is 37.9 Å².